The van der Waals surface area contributed by atoms with Gasteiger partial charge in [0, 0.05) is 12.0 Å². The average Bonchev–Trinajstić information content (AvgIpc) is 3.19. The van der Waals surface area contributed by atoms with Gasteiger partial charge in [-0.05, 0) is 91.5 Å². The minimum Gasteiger partial charge on any atom is -0.465 e. The van der Waals surface area contributed by atoms with Gasteiger partial charge in [0.1, 0.15) is 0 Å². The third-order valence-electron chi connectivity index (χ3n) is 8.89. The molecule has 13 heteroatoms. The van der Waals surface area contributed by atoms with Gasteiger partial charge in [-0.3, -0.25) is 8.61 Å². The Morgan fingerprint density at radius 3 is 1.53 bits per heavy atom. The summed E-state index contributed by atoms with van der Waals surface area (Å²) in [6.45, 7) is 8.43. The van der Waals surface area contributed by atoms with Gasteiger partial charge in [0.25, 0.3) is 10.0 Å². The molecule has 11 nitrogen and oxygen atoms in total. The monoisotopic (exact) mass is 761 g/mol. The molecule has 0 amide bonds. The smallest absolute Gasteiger partial charge is 0.337 e. The van der Waals surface area contributed by atoms with E-state index in [4.69, 9.17) is 4.74 Å². The Hall–Kier alpha value is -4.98. The van der Waals surface area contributed by atoms with Gasteiger partial charge < -0.3 is 14.4 Å². The van der Waals surface area contributed by atoms with Crippen LogP contribution in [0.4, 0.5) is 11.4 Å². The molecule has 0 saturated carbocycles. The van der Waals surface area contributed by atoms with Crippen LogP contribution in [0.25, 0.3) is 0 Å². The first-order valence-corrected chi connectivity index (χ1v) is 20.3. The van der Waals surface area contributed by atoms with E-state index < -0.39 is 32.0 Å². The van der Waals surface area contributed by atoms with E-state index in [-0.39, 0.29) is 18.8 Å². The molecule has 1 aliphatic heterocycles. The second-order valence-electron chi connectivity index (χ2n) is 12.6. The fourth-order valence-electron chi connectivity index (χ4n) is 5.66. The first-order valence-electron chi connectivity index (χ1n) is 17.2. The second-order valence-corrected chi connectivity index (χ2v) is 16.4. The number of carbonyl (C=O) groups excluding carboxylic acids is 2. The van der Waals surface area contributed by atoms with Gasteiger partial charge in [-0.1, -0.05) is 74.2 Å². The van der Waals surface area contributed by atoms with Crippen molar-refractivity contribution in [1.29, 1.82) is 0 Å². The highest BCUT2D eigenvalue weighted by atomic mass is 32.2. The van der Waals surface area contributed by atoms with E-state index in [0.717, 1.165) is 42.5 Å². The number of anilines is 2. The van der Waals surface area contributed by atoms with Crippen molar-refractivity contribution in [2.45, 2.75) is 32.9 Å². The maximum Gasteiger partial charge on any atom is 0.337 e. The van der Waals surface area contributed by atoms with Crippen LogP contribution < -0.4 is 8.61 Å². The van der Waals surface area contributed by atoms with E-state index in [1.165, 1.54) is 22.8 Å². The van der Waals surface area contributed by atoms with Crippen LogP contribution in [0.3, 0.4) is 0 Å². The molecule has 0 N–H and O–H groups in total. The summed E-state index contributed by atoms with van der Waals surface area (Å²) >= 11 is 0. The number of sulfonamides is 2. The maximum absolute atomic E-state index is 13.3. The summed E-state index contributed by atoms with van der Waals surface area (Å²) < 4.78 is 63.2. The number of para-hydroxylation sites is 2. The number of hydrogen-bond donors (Lipinski definition) is 0. The van der Waals surface area contributed by atoms with Gasteiger partial charge in [-0.2, -0.15) is 0 Å². The Bertz CT molecular complexity index is 2000. The lowest BCUT2D eigenvalue weighted by Gasteiger charge is -2.31. The molecule has 5 rings (SSSR count). The van der Waals surface area contributed by atoms with Gasteiger partial charge in [-0.15, -0.1) is 0 Å². The Morgan fingerprint density at radius 1 is 0.698 bits per heavy atom. The largest absolute Gasteiger partial charge is 0.465 e. The van der Waals surface area contributed by atoms with E-state index in [1.54, 1.807) is 72.8 Å². The number of ether oxygens (including phenoxy) is 2. The molecule has 4 aromatic rings. The van der Waals surface area contributed by atoms with Crippen LogP contribution in [-0.4, -0.2) is 73.3 Å². The van der Waals surface area contributed by atoms with Gasteiger partial charge in [-0.25, -0.2) is 26.4 Å². The molecule has 0 aliphatic carbocycles. The average molecular weight is 762 g/mol. The molecule has 282 valence electrons. The lowest BCUT2D eigenvalue weighted by molar-refractivity contribution is 0.0592. The highest BCUT2D eigenvalue weighted by Crippen LogP contribution is 2.24. The number of piperidine rings is 1. The number of benzene rings is 4. The first-order chi connectivity index (χ1) is 25.4. The van der Waals surface area contributed by atoms with E-state index >= 15 is 0 Å². The fraction of sp³-hybridized carbons (Fsp3) is 0.300. The predicted molar refractivity (Wildman–Crippen MR) is 209 cm³/mol. The molecule has 0 radical (unpaired) electrons. The number of hydrogen-bond acceptors (Lipinski definition) is 9. The van der Waals surface area contributed by atoms with E-state index in [9.17, 15) is 26.4 Å². The lowest BCUT2D eigenvalue weighted by Crippen LogP contribution is -2.40. The van der Waals surface area contributed by atoms with Crippen LogP contribution in [0, 0.1) is 5.92 Å². The number of likely N-dealkylation sites (tertiary alicyclic amines) is 1. The molecular weight excluding hydrogens is 715 g/mol. The molecule has 0 bridgehead atoms. The van der Waals surface area contributed by atoms with Crippen LogP contribution in [0.1, 0.15) is 51.6 Å². The van der Waals surface area contributed by atoms with Crippen molar-refractivity contribution in [2.75, 3.05) is 48.2 Å². The Kier molecular flexibility index (Phi) is 14.8. The summed E-state index contributed by atoms with van der Waals surface area (Å²) in [6, 6.07) is 31.4. The number of rotatable bonds is 14. The van der Waals surface area contributed by atoms with Gasteiger partial charge in [0.05, 0.1) is 55.6 Å². The van der Waals surface area contributed by atoms with Crippen molar-refractivity contribution in [1.82, 2.24) is 4.90 Å². The molecule has 1 saturated heterocycles. The number of esters is 2. The highest BCUT2D eigenvalue weighted by Gasteiger charge is 2.25. The highest BCUT2D eigenvalue weighted by molar-refractivity contribution is 7.95. The van der Waals surface area contributed by atoms with Crippen molar-refractivity contribution in [2.24, 2.45) is 5.92 Å². The summed E-state index contributed by atoms with van der Waals surface area (Å²) in [5, 5.41) is 0.919. The van der Waals surface area contributed by atoms with Crippen LogP contribution in [-0.2, 0) is 42.6 Å². The molecule has 1 heterocycles. The second kappa shape index (κ2) is 19.2. The molecule has 4 aromatic carbocycles. The molecule has 0 aromatic heterocycles. The molecule has 0 spiro atoms. The van der Waals surface area contributed by atoms with Crippen LogP contribution in [0.15, 0.2) is 121 Å². The number of nitrogens with zero attached hydrogens (tertiary/aromatic N) is 3. The quantitative estimate of drug-likeness (QED) is 0.132. The summed E-state index contributed by atoms with van der Waals surface area (Å²) in [6.07, 6.45) is 2.24. The summed E-state index contributed by atoms with van der Waals surface area (Å²) in [5.74, 6) is -0.0528. The van der Waals surface area contributed by atoms with Crippen LogP contribution in [0.5, 0.6) is 0 Å². The zero-order chi connectivity index (χ0) is 38.4. The molecule has 0 atom stereocenters. The van der Waals surface area contributed by atoms with Gasteiger partial charge in [0.2, 0.25) is 10.0 Å². The minimum atomic E-state index is -3.64. The van der Waals surface area contributed by atoms with Crippen molar-refractivity contribution >= 4 is 43.4 Å². The van der Waals surface area contributed by atoms with Crippen LogP contribution in [0.2, 0.25) is 0 Å². The normalized spacial score (nSPS) is 13.6. The zero-order valence-electron chi connectivity index (χ0n) is 30.3. The number of methoxy groups -OCH3 is 2. The summed E-state index contributed by atoms with van der Waals surface area (Å²) in [5.41, 5.74) is 3.59. The third-order valence-corrected chi connectivity index (χ3v) is 12.0. The molecule has 0 unspecified atom stereocenters. The Balaban J connectivity index is 0.000000245. The maximum atomic E-state index is 13.3. The SMILES string of the molecule is C=CS(=O)(=O)N(Cc1ccc(C(=O)OC)cc1)c1ccccc1.COC(=O)c1ccc(CN(c2ccccc2)S(=O)(=O)CCN2CCC(C)CC2)cc1. The molecular formula is C40H47N3O8S2. The lowest BCUT2D eigenvalue weighted by atomic mass is 9.99. The van der Waals surface area contributed by atoms with Crippen molar-refractivity contribution in [3.05, 3.63) is 143 Å². The third kappa shape index (κ3) is 11.8. The Morgan fingerprint density at radius 2 is 1.11 bits per heavy atom. The van der Waals surface area contributed by atoms with Crippen LogP contribution >= 0.6 is 0 Å². The number of carbonyl (C=O) groups is 2. The Labute approximate surface area is 313 Å². The van der Waals surface area contributed by atoms with E-state index in [2.05, 4.69) is 23.1 Å². The molecule has 53 heavy (non-hydrogen) atoms. The topological polar surface area (TPSA) is 131 Å². The van der Waals surface area contributed by atoms with Crippen molar-refractivity contribution in [3.8, 4) is 0 Å². The van der Waals surface area contributed by atoms with Crippen molar-refractivity contribution < 1.29 is 35.9 Å². The summed E-state index contributed by atoms with van der Waals surface area (Å²) in [7, 11) is -4.51. The van der Waals surface area contributed by atoms with Crippen molar-refractivity contribution in [3.63, 3.8) is 0 Å². The van der Waals surface area contributed by atoms with Gasteiger partial charge in [0.15, 0.2) is 0 Å². The standard InChI is InChI=1S/C23H30N2O4S.C17H17NO4S/c1-19-12-14-24(15-13-19)16-17-30(27,28)25(22-6-4-3-5-7-22)18-20-8-10-21(11-9-20)23(26)29-2;1-3-23(20,21)18(16-7-5-4-6-8-16)13-14-9-11-15(12-10-14)17(19)22-2/h3-11,19H,12-18H2,1-2H3;3-12H,1,13H2,2H3. The minimum absolute atomic E-state index is 0.0799. The zero-order valence-corrected chi connectivity index (χ0v) is 32.0. The fourth-order valence-corrected chi connectivity index (χ4v) is 8.08. The molecule has 1 fully saturated rings. The van der Waals surface area contributed by atoms with Gasteiger partial charge >= 0.3 is 11.9 Å². The van der Waals surface area contributed by atoms with E-state index in [1.807, 2.05) is 36.4 Å². The summed E-state index contributed by atoms with van der Waals surface area (Å²) in [4.78, 5) is 25.3. The predicted octanol–water partition coefficient (Wildman–Crippen LogP) is 6.49. The molecule has 1 aliphatic rings. The van der Waals surface area contributed by atoms with E-state index in [0.29, 0.717) is 35.0 Å². The first kappa shape index (κ1) is 40.8.